The normalized spacial score (nSPS) is 14.1. The van der Waals surface area contributed by atoms with Crippen molar-refractivity contribution in [1.29, 1.82) is 0 Å². The minimum atomic E-state index is -4.51. The van der Waals surface area contributed by atoms with Crippen LogP contribution < -0.4 is 9.63 Å². The number of benzene rings is 1. The molecular weight excluding hydrogens is 517 g/mol. The molecule has 39 heavy (non-hydrogen) atoms. The van der Waals surface area contributed by atoms with Crippen molar-refractivity contribution in [1.82, 2.24) is 0 Å². The second-order valence-corrected chi connectivity index (χ2v) is 12.8. The third kappa shape index (κ3) is 21.0. The maximum Gasteiger partial charge on any atom is 0.303 e. The van der Waals surface area contributed by atoms with Crippen LogP contribution in [0.3, 0.4) is 0 Å². The molecule has 0 aliphatic heterocycles. The van der Waals surface area contributed by atoms with Crippen molar-refractivity contribution in [2.24, 2.45) is 0 Å². The predicted octanol–water partition coefficient (Wildman–Crippen LogP) is 6.45. The number of rotatable bonds is 24. The second-order valence-electron chi connectivity index (χ2n) is 11.4. The lowest BCUT2D eigenvalue weighted by Crippen LogP contribution is -2.37. The number of ether oxygens (including phenoxy) is 2. The number of hydrogen-bond acceptors (Lipinski definition) is 7. The molecule has 0 spiro atoms. The number of carbonyl (C=O) groups is 1. The average molecular weight is 572 g/mol. The SMILES string of the molecule is CCCCCCCCCCCCCCc1ccc(OCC(COP(=O)([O-])OCC[N+](C)(C)C)OC(C)=O)cc1. The molecule has 1 rings (SSSR count). The zero-order chi connectivity index (χ0) is 29.0. The van der Waals surface area contributed by atoms with Gasteiger partial charge in [-0.25, -0.2) is 0 Å². The van der Waals surface area contributed by atoms with Gasteiger partial charge in [0.15, 0.2) is 6.10 Å². The average Bonchev–Trinajstić information content (AvgIpc) is 2.86. The molecule has 2 unspecified atom stereocenters. The van der Waals surface area contributed by atoms with Gasteiger partial charge in [0.05, 0.1) is 27.7 Å². The number of esters is 1. The van der Waals surface area contributed by atoms with Crippen LogP contribution in [0, 0.1) is 0 Å². The highest BCUT2D eigenvalue weighted by atomic mass is 31.2. The minimum Gasteiger partial charge on any atom is -0.756 e. The van der Waals surface area contributed by atoms with Gasteiger partial charge < -0.3 is 27.9 Å². The smallest absolute Gasteiger partial charge is 0.303 e. The Morgan fingerprint density at radius 3 is 1.90 bits per heavy atom. The van der Waals surface area contributed by atoms with Crippen LogP contribution in [0.5, 0.6) is 5.75 Å². The van der Waals surface area contributed by atoms with E-state index in [-0.39, 0.29) is 19.8 Å². The number of hydrogen-bond donors (Lipinski definition) is 0. The van der Waals surface area contributed by atoms with Crippen molar-refractivity contribution in [2.45, 2.75) is 103 Å². The van der Waals surface area contributed by atoms with Crippen LogP contribution in [0.1, 0.15) is 96.5 Å². The van der Waals surface area contributed by atoms with E-state index in [4.69, 9.17) is 18.5 Å². The number of aryl methyl sites for hydroxylation is 1. The summed E-state index contributed by atoms with van der Waals surface area (Å²) in [5.41, 5.74) is 1.26. The number of nitrogens with zero attached hydrogens (tertiary/aromatic N) is 1. The van der Waals surface area contributed by atoms with E-state index in [9.17, 15) is 14.3 Å². The van der Waals surface area contributed by atoms with Crippen molar-refractivity contribution >= 4 is 13.8 Å². The topological polar surface area (TPSA) is 94.1 Å². The molecule has 0 amide bonds. The molecule has 8 nitrogen and oxygen atoms in total. The van der Waals surface area contributed by atoms with Gasteiger partial charge in [-0.05, 0) is 30.5 Å². The Kier molecular flexibility index (Phi) is 18.6. The van der Waals surface area contributed by atoms with E-state index in [1.54, 1.807) is 0 Å². The molecule has 9 heteroatoms. The molecule has 0 N–H and O–H groups in total. The van der Waals surface area contributed by atoms with Crippen molar-refractivity contribution in [3.8, 4) is 5.75 Å². The number of quaternary nitrogens is 1. The van der Waals surface area contributed by atoms with Crippen molar-refractivity contribution in [3.63, 3.8) is 0 Å². The summed E-state index contributed by atoms with van der Waals surface area (Å²) in [5, 5.41) is 0. The molecule has 2 atom stereocenters. The molecule has 0 aliphatic carbocycles. The zero-order valence-electron chi connectivity index (χ0n) is 25.2. The fourth-order valence-electron chi connectivity index (χ4n) is 4.10. The number of phosphoric ester groups is 1. The van der Waals surface area contributed by atoms with E-state index < -0.39 is 19.9 Å². The lowest BCUT2D eigenvalue weighted by Gasteiger charge is -2.28. The molecule has 1 aromatic carbocycles. The summed E-state index contributed by atoms with van der Waals surface area (Å²) < 4.78 is 33.3. The van der Waals surface area contributed by atoms with Crippen molar-refractivity contribution in [3.05, 3.63) is 29.8 Å². The van der Waals surface area contributed by atoms with Gasteiger partial charge >= 0.3 is 5.97 Å². The first kappa shape index (κ1) is 35.6. The Bertz CT molecular complexity index is 811. The first-order valence-corrected chi connectivity index (χ1v) is 16.3. The molecule has 0 radical (unpaired) electrons. The van der Waals surface area contributed by atoms with Gasteiger partial charge in [0.25, 0.3) is 7.82 Å². The summed E-state index contributed by atoms with van der Waals surface area (Å²) in [7, 11) is 1.28. The summed E-state index contributed by atoms with van der Waals surface area (Å²) in [6.45, 7) is 3.62. The molecule has 0 saturated heterocycles. The first-order valence-electron chi connectivity index (χ1n) is 14.8. The highest BCUT2D eigenvalue weighted by Gasteiger charge is 2.19. The maximum absolute atomic E-state index is 12.0. The quantitative estimate of drug-likeness (QED) is 0.0609. The first-order chi connectivity index (χ1) is 18.5. The van der Waals surface area contributed by atoms with Crippen molar-refractivity contribution in [2.75, 3.05) is 47.5 Å². The standard InChI is InChI=1S/C30H54NO7P/c1-6-7-8-9-10-11-12-13-14-15-16-17-18-28-19-21-29(22-20-28)35-25-30(38-27(2)32)26-37-39(33,34)36-24-23-31(3,4)5/h19-22,30H,6-18,23-26H2,1-5H3. The van der Waals surface area contributed by atoms with Gasteiger partial charge in [-0.15, -0.1) is 0 Å². The van der Waals surface area contributed by atoms with Crippen LogP contribution in [0.15, 0.2) is 24.3 Å². The number of carbonyl (C=O) groups excluding carboxylic acids is 1. The van der Waals surface area contributed by atoms with E-state index in [2.05, 4.69) is 6.92 Å². The van der Waals surface area contributed by atoms with Crippen LogP contribution in [-0.4, -0.2) is 64.1 Å². The molecule has 0 fully saturated rings. The summed E-state index contributed by atoms with van der Waals surface area (Å²) in [6.07, 6.45) is 16.2. The lowest BCUT2D eigenvalue weighted by atomic mass is 10.0. The minimum absolute atomic E-state index is 0.00458. The van der Waals surface area contributed by atoms with E-state index >= 15 is 0 Å². The van der Waals surface area contributed by atoms with E-state index in [0.717, 1.165) is 6.42 Å². The fraction of sp³-hybridized carbons (Fsp3) is 0.767. The van der Waals surface area contributed by atoms with E-state index in [1.807, 2.05) is 45.4 Å². The summed E-state index contributed by atoms with van der Waals surface area (Å²) in [5.74, 6) is 0.0757. The van der Waals surface area contributed by atoms with Gasteiger partial charge in [0, 0.05) is 6.92 Å². The van der Waals surface area contributed by atoms with Crippen LogP contribution >= 0.6 is 7.82 Å². The second kappa shape index (κ2) is 20.4. The Labute approximate surface area is 237 Å². The molecule has 0 aromatic heterocycles. The summed E-state index contributed by atoms with van der Waals surface area (Å²) >= 11 is 0. The predicted molar refractivity (Wildman–Crippen MR) is 155 cm³/mol. The lowest BCUT2D eigenvalue weighted by molar-refractivity contribution is -0.870. The Morgan fingerprint density at radius 1 is 0.846 bits per heavy atom. The Balaban J connectivity index is 2.27. The highest BCUT2D eigenvalue weighted by molar-refractivity contribution is 7.45. The number of unbranched alkanes of at least 4 members (excludes halogenated alkanes) is 11. The van der Waals surface area contributed by atoms with Crippen LogP contribution in [0.25, 0.3) is 0 Å². The number of likely N-dealkylation sites (N-methyl/N-ethyl adjacent to an activating group) is 1. The third-order valence-electron chi connectivity index (χ3n) is 6.44. The van der Waals surface area contributed by atoms with E-state index in [0.29, 0.717) is 16.8 Å². The Hall–Kier alpha value is -1.44. The van der Waals surface area contributed by atoms with Crippen LogP contribution in [0.2, 0.25) is 0 Å². The third-order valence-corrected chi connectivity index (χ3v) is 7.41. The van der Waals surface area contributed by atoms with E-state index in [1.165, 1.54) is 89.5 Å². The van der Waals surface area contributed by atoms with Crippen molar-refractivity contribution < 1.29 is 37.3 Å². The fourth-order valence-corrected chi connectivity index (χ4v) is 4.83. The molecule has 0 saturated carbocycles. The van der Waals surface area contributed by atoms with Gasteiger partial charge in [-0.1, -0.05) is 89.7 Å². The zero-order valence-corrected chi connectivity index (χ0v) is 26.1. The van der Waals surface area contributed by atoms with Crippen LogP contribution in [0.4, 0.5) is 0 Å². The summed E-state index contributed by atoms with van der Waals surface area (Å²) in [6, 6.07) is 7.85. The largest absolute Gasteiger partial charge is 0.756 e. The molecule has 0 heterocycles. The molecule has 226 valence electrons. The van der Waals surface area contributed by atoms with Gasteiger partial charge in [0.1, 0.15) is 25.5 Å². The van der Waals surface area contributed by atoms with Gasteiger partial charge in [-0.2, -0.15) is 0 Å². The molecule has 0 bridgehead atoms. The highest BCUT2D eigenvalue weighted by Crippen LogP contribution is 2.38. The monoisotopic (exact) mass is 571 g/mol. The maximum atomic E-state index is 12.0. The summed E-state index contributed by atoms with van der Waals surface area (Å²) in [4.78, 5) is 23.5. The molecule has 1 aromatic rings. The van der Waals surface area contributed by atoms with Crippen LogP contribution in [-0.2, 0) is 29.6 Å². The van der Waals surface area contributed by atoms with Gasteiger partial charge in [0.2, 0.25) is 0 Å². The Morgan fingerprint density at radius 2 is 1.38 bits per heavy atom. The molecule has 0 aliphatic rings. The molecular formula is C30H54NO7P. The number of phosphoric acid groups is 1. The van der Waals surface area contributed by atoms with Gasteiger partial charge in [-0.3, -0.25) is 9.36 Å².